The first-order valence-electron chi connectivity index (χ1n) is 8.75. The van der Waals surface area contributed by atoms with E-state index in [0.717, 1.165) is 15.3 Å². The first kappa shape index (κ1) is 22.3. The molecule has 0 bridgehead atoms. The number of hydrogen-bond acceptors (Lipinski definition) is 10. The number of nitrogens with two attached hydrogens (primary N) is 1. The van der Waals surface area contributed by atoms with E-state index in [9.17, 15) is 0 Å². The molecule has 3 N–H and O–H groups in total. The Morgan fingerprint density at radius 3 is 2.45 bits per heavy atom. The average molecular weight is 477 g/mol. The fourth-order valence-corrected chi connectivity index (χ4v) is 3.78. The summed E-state index contributed by atoms with van der Waals surface area (Å²) in [4.78, 5) is 0. The summed E-state index contributed by atoms with van der Waals surface area (Å²) in [7, 11) is 0. The molecule has 3 aromatic rings. The maximum absolute atomic E-state index is 5.93. The lowest BCUT2D eigenvalue weighted by atomic mass is 10.3. The fraction of sp³-hybridized carbons (Fsp3) is 0.125. The lowest BCUT2D eigenvalue weighted by Crippen LogP contribution is -2.42. The van der Waals surface area contributed by atoms with E-state index in [0.29, 0.717) is 21.5 Å². The highest BCUT2D eigenvalue weighted by Crippen LogP contribution is 2.29. The molecule has 0 amide bonds. The molecular formula is C16H17ClN12S2. The van der Waals surface area contributed by atoms with Crippen molar-refractivity contribution in [1.82, 2.24) is 21.0 Å². The average Bonchev–Trinajstić information content (AvgIpc) is 3.25. The van der Waals surface area contributed by atoms with Crippen LogP contribution in [0.5, 0.6) is 0 Å². The lowest BCUT2D eigenvalue weighted by Gasteiger charge is -2.22. The summed E-state index contributed by atoms with van der Waals surface area (Å²) in [5, 5.41) is 35.0. The van der Waals surface area contributed by atoms with Crippen LogP contribution in [-0.4, -0.2) is 21.2 Å². The van der Waals surface area contributed by atoms with Crippen molar-refractivity contribution in [3.8, 4) is 0 Å². The quantitative estimate of drug-likeness (QED) is 0.171. The molecule has 31 heavy (non-hydrogen) atoms. The van der Waals surface area contributed by atoms with Crippen LogP contribution in [0.2, 0.25) is 5.02 Å². The van der Waals surface area contributed by atoms with Gasteiger partial charge >= 0.3 is 0 Å². The predicted octanol–water partition coefficient (Wildman–Crippen LogP) is 5.47. The van der Waals surface area contributed by atoms with Crippen LogP contribution in [-0.2, 0) is 0 Å². The van der Waals surface area contributed by atoms with Gasteiger partial charge in [-0.15, -0.1) is 20.4 Å². The zero-order valence-corrected chi connectivity index (χ0v) is 18.5. The first-order valence-corrected chi connectivity index (χ1v) is 10.9. The molecule has 0 radical (unpaired) electrons. The fourth-order valence-electron chi connectivity index (χ4n) is 1.98. The van der Waals surface area contributed by atoms with Crippen LogP contribution in [0, 0.1) is 0 Å². The number of hydrazine groups is 2. The van der Waals surface area contributed by atoms with Gasteiger partial charge in [-0.25, -0.2) is 0 Å². The summed E-state index contributed by atoms with van der Waals surface area (Å²) in [6.45, 7) is 2.02. The largest absolute Gasteiger partial charge is 0.303 e. The molecule has 160 valence electrons. The Morgan fingerprint density at radius 2 is 1.74 bits per heavy atom. The van der Waals surface area contributed by atoms with Crippen LogP contribution in [0.4, 0.5) is 16.5 Å². The van der Waals surface area contributed by atoms with Gasteiger partial charge in [0.15, 0.2) is 4.34 Å². The van der Waals surface area contributed by atoms with Crippen LogP contribution in [0.25, 0.3) is 0 Å². The van der Waals surface area contributed by atoms with Gasteiger partial charge in [0.2, 0.25) is 0 Å². The highest BCUT2D eigenvalue weighted by molar-refractivity contribution is 8.01. The van der Waals surface area contributed by atoms with Crippen molar-refractivity contribution in [2.75, 3.05) is 10.9 Å². The number of halogens is 1. The monoisotopic (exact) mass is 476 g/mol. The molecule has 0 saturated heterocycles. The minimum absolute atomic E-state index is 0.361. The lowest BCUT2D eigenvalue weighted by molar-refractivity contribution is 0.155. The Bertz CT molecular complexity index is 1020. The number of hydrogen-bond donors (Lipinski definition) is 2. The molecule has 0 aliphatic carbocycles. The number of nitrogens with one attached hydrogen (secondary N) is 1. The molecule has 0 unspecified atom stereocenters. The maximum Gasteiger partial charge on any atom is 0.255 e. The molecule has 2 aromatic carbocycles. The maximum atomic E-state index is 5.93. The van der Waals surface area contributed by atoms with E-state index in [1.165, 1.54) is 16.5 Å². The normalized spacial score (nSPS) is 11.5. The molecule has 0 aliphatic rings. The number of rotatable bonds is 10. The number of anilines is 1. The van der Waals surface area contributed by atoms with Crippen LogP contribution >= 0.6 is 34.7 Å². The van der Waals surface area contributed by atoms with Gasteiger partial charge in [0.1, 0.15) is 0 Å². The topological polar surface area (TPSA) is 144 Å². The van der Waals surface area contributed by atoms with Crippen molar-refractivity contribution in [3.63, 3.8) is 0 Å². The number of nitrogens with zero attached hydrogens (tertiary/aromatic N) is 10. The zero-order chi connectivity index (χ0) is 21.9. The number of thioether (sulfide) groups is 1. The third-order valence-electron chi connectivity index (χ3n) is 3.28. The van der Waals surface area contributed by atoms with E-state index >= 15 is 0 Å². The minimum Gasteiger partial charge on any atom is -0.303 e. The summed E-state index contributed by atoms with van der Waals surface area (Å²) in [5.41, 5.74) is 3.68. The van der Waals surface area contributed by atoms with Crippen molar-refractivity contribution in [3.05, 3.63) is 59.6 Å². The summed E-state index contributed by atoms with van der Waals surface area (Å²) in [6, 6.07) is 15.9. The van der Waals surface area contributed by atoms with Gasteiger partial charge < -0.3 is 5.84 Å². The smallest absolute Gasteiger partial charge is 0.255 e. The molecule has 0 saturated carbocycles. The van der Waals surface area contributed by atoms with Crippen molar-refractivity contribution in [1.29, 1.82) is 0 Å². The summed E-state index contributed by atoms with van der Waals surface area (Å²) >= 11 is 8.77. The Balaban J connectivity index is 1.94. The molecule has 15 heteroatoms. The molecule has 12 nitrogen and oxygen atoms in total. The third-order valence-corrected chi connectivity index (χ3v) is 5.44. The summed E-state index contributed by atoms with van der Waals surface area (Å²) in [6.07, 6.45) is 0. The van der Waals surface area contributed by atoms with E-state index < -0.39 is 0 Å². The predicted molar refractivity (Wildman–Crippen MR) is 120 cm³/mol. The van der Waals surface area contributed by atoms with Gasteiger partial charge in [-0.1, -0.05) is 70.2 Å². The standard InChI is InChI=1S/C16H17ClN12S2/c1-2-30-16-22-21-15(31-16)28(25-19-14-10-8-12(17)9-11-14)29(27-24-23-18)26-20-13-6-4-3-5-7-13/h3-11H,2H2,1H3,(H2,18,24)(H,23,27). The van der Waals surface area contributed by atoms with Crippen molar-refractivity contribution in [2.24, 2.45) is 37.0 Å². The first-order chi connectivity index (χ1) is 15.2. The molecule has 3 rings (SSSR count). The van der Waals surface area contributed by atoms with Crippen molar-refractivity contribution < 1.29 is 0 Å². The molecule has 0 atom stereocenters. The van der Waals surface area contributed by atoms with E-state index in [1.807, 2.05) is 25.1 Å². The van der Waals surface area contributed by atoms with Crippen molar-refractivity contribution >= 4 is 51.2 Å². The number of aromatic nitrogens is 2. The molecule has 1 aromatic heterocycles. The SMILES string of the molecule is CCSc1nnc(N(N=Nc2ccc(Cl)cc2)N(N=Nc2ccccc2)NN=NN)s1. The summed E-state index contributed by atoms with van der Waals surface area (Å²) in [5.74, 6) is 5.97. The zero-order valence-electron chi connectivity index (χ0n) is 16.1. The molecule has 0 fully saturated rings. The van der Waals surface area contributed by atoms with Gasteiger partial charge in [0, 0.05) is 5.02 Å². The van der Waals surface area contributed by atoms with Gasteiger partial charge in [-0.2, -0.15) is 5.53 Å². The Labute approximate surface area is 190 Å². The third kappa shape index (κ3) is 6.84. The summed E-state index contributed by atoms with van der Waals surface area (Å²) < 4.78 is 0.754. The van der Waals surface area contributed by atoms with Gasteiger partial charge in [-0.05, 0) is 63.0 Å². The Kier molecular flexibility index (Phi) is 8.45. The van der Waals surface area contributed by atoms with Crippen LogP contribution in [0.15, 0.2) is 90.1 Å². The van der Waals surface area contributed by atoms with Gasteiger partial charge in [-0.3, -0.25) is 0 Å². The number of benzene rings is 2. The Morgan fingerprint density at radius 1 is 1.03 bits per heavy atom. The second-order valence-electron chi connectivity index (χ2n) is 5.37. The van der Waals surface area contributed by atoms with E-state index in [1.54, 1.807) is 48.2 Å². The van der Waals surface area contributed by atoms with Crippen LogP contribution in [0.3, 0.4) is 0 Å². The highest BCUT2D eigenvalue weighted by atomic mass is 35.5. The minimum atomic E-state index is 0.361. The van der Waals surface area contributed by atoms with E-state index in [-0.39, 0.29) is 0 Å². The molecule has 0 spiro atoms. The van der Waals surface area contributed by atoms with E-state index in [2.05, 4.69) is 46.9 Å². The second-order valence-corrected chi connectivity index (χ2v) is 8.27. The van der Waals surface area contributed by atoms with Gasteiger partial charge in [0.25, 0.3) is 5.13 Å². The highest BCUT2D eigenvalue weighted by Gasteiger charge is 2.21. The molecule has 0 aliphatic heterocycles. The Hall–Kier alpha value is -3.36. The van der Waals surface area contributed by atoms with Crippen LogP contribution in [0.1, 0.15) is 6.92 Å². The second kappa shape index (κ2) is 11.7. The molecule has 1 heterocycles. The van der Waals surface area contributed by atoms with Crippen molar-refractivity contribution in [2.45, 2.75) is 11.3 Å². The van der Waals surface area contributed by atoms with Gasteiger partial charge in [0.05, 0.1) is 11.4 Å². The van der Waals surface area contributed by atoms with E-state index in [4.69, 9.17) is 17.4 Å². The molecular weight excluding hydrogens is 460 g/mol. The van der Waals surface area contributed by atoms with Crippen LogP contribution < -0.4 is 16.5 Å².